The third-order valence-electron chi connectivity index (χ3n) is 14.1. The lowest BCUT2D eigenvalue weighted by Crippen LogP contribution is -2.80. The Morgan fingerprint density at radius 1 is 0.538 bits per heavy atom. The molecule has 0 saturated heterocycles. The van der Waals surface area contributed by atoms with Crippen LogP contribution in [0.5, 0.6) is 0 Å². The fourth-order valence-corrected chi connectivity index (χ4v) is 11.5. The van der Waals surface area contributed by atoms with Crippen molar-refractivity contribution in [3.05, 3.63) is 153 Å². The van der Waals surface area contributed by atoms with Gasteiger partial charge < -0.3 is 0 Å². The highest BCUT2D eigenvalue weighted by Crippen LogP contribution is 2.63. The van der Waals surface area contributed by atoms with E-state index in [1.54, 1.807) is 0 Å². The highest BCUT2D eigenvalue weighted by atomic mass is 15.4. The van der Waals surface area contributed by atoms with Crippen molar-refractivity contribution >= 4 is 39.0 Å². The van der Waals surface area contributed by atoms with Gasteiger partial charge in [0, 0.05) is 49.8 Å². The van der Waals surface area contributed by atoms with E-state index >= 15 is 0 Å². The van der Waals surface area contributed by atoms with Gasteiger partial charge in [0.15, 0.2) is 5.52 Å². The van der Waals surface area contributed by atoms with Crippen molar-refractivity contribution in [3.63, 3.8) is 0 Å². The Bertz CT molecular complexity index is 2870. The molecule has 12 rings (SSSR count). The minimum Gasteiger partial charge on any atom is -0.192 e. The second-order valence-electron chi connectivity index (χ2n) is 18.7. The molecular weight excluding hydrogens is 633 g/mol. The van der Waals surface area contributed by atoms with Crippen molar-refractivity contribution < 1.29 is 9.13 Å². The third-order valence-corrected chi connectivity index (χ3v) is 14.1. The van der Waals surface area contributed by atoms with Crippen molar-refractivity contribution in [2.45, 2.75) is 89.6 Å². The van der Waals surface area contributed by atoms with Crippen LogP contribution in [0.4, 0.5) is 17.2 Å². The summed E-state index contributed by atoms with van der Waals surface area (Å²) in [6.45, 7) is 21.7. The van der Waals surface area contributed by atoms with Gasteiger partial charge in [-0.3, -0.25) is 0 Å². The van der Waals surface area contributed by atoms with E-state index in [0.717, 1.165) is 0 Å². The zero-order valence-electron chi connectivity index (χ0n) is 31.6. The number of rotatable bonds is 0. The van der Waals surface area contributed by atoms with E-state index in [1.165, 1.54) is 94.9 Å². The van der Waals surface area contributed by atoms with Crippen LogP contribution in [0.3, 0.4) is 0 Å². The van der Waals surface area contributed by atoms with Gasteiger partial charge in [-0.05, 0) is 58.5 Å². The first-order valence-corrected chi connectivity index (χ1v) is 19.0. The molecule has 5 aliphatic rings. The molecule has 3 aromatic heterocycles. The Morgan fingerprint density at radius 3 is 2.00 bits per heavy atom. The van der Waals surface area contributed by atoms with E-state index in [0.29, 0.717) is 0 Å². The maximum Gasteiger partial charge on any atom is 0.315 e. The van der Waals surface area contributed by atoms with Gasteiger partial charge in [-0.15, -0.1) is 0 Å². The molecule has 0 radical (unpaired) electrons. The summed E-state index contributed by atoms with van der Waals surface area (Å²) < 4.78 is 8.03. The van der Waals surface area contributed by atoms with Crippen LogP contribution in [0.2, 0.25) is 0 Å². The molecular formula is C48H44N4+2. The summed E-state index contributed by atoms with van der Waals surface area (Å²) in [5, 5.41) is 2.69. The summed E-state index contributed by atoms with van der Waals surface area (Å²) in [6, 6.07) is 35.6. The van der Waals surface area contributed by atoms with Crippen molar-refractivity contribution in [1.29, 1.82) is 0 Å². The number of pyridine rings is 2. The molecule has 7 heterocycles. The molecule has 7 aromatic rings. The van der Waals surface area contributed by atoms with Gasteiger partial charge in [0.2, 0.25) is 0 Å². The van der Waals surface area contributed by atoms with Crippen LogP contribution < -0.4 is 14.0 Å². The fourth-order valence-electron chi connectivity index (χ4n) is 11.5. The van der Waals surface area contributed by atoms with Crippen molar-refractivity contribution in [2.24, 2.45) is 0 Å². The summed E-state index contributed by atoms with van der Waals surface area (Å²) in [4.78, 5) is 2.64. The Balaban J connectivity index is 1.40. The molecule has 0 fully saturated rings. The van der Waals surface area contributed by atoms with Crippen molar-refractivity contribution in [3.8, 4) is 5.82 Å². The van der Waals surface area contributed by atoms with Crippen LogP contribution in [-0.2, 0) is 27.3 Å². The predicted molar refractivity (Wildman–Crippen MR) is 209 cm³/mol. The molecule has 0 amide bonds. The van der Waals surface area contributed by atoms with Gasteiger partial charge >= 0.3 is 5.66 Å². The summed E-state index contributed by atoms with van der Waals surface area (Å²) >= 11 is 0. The maximum absolute atomic E-state index is 2.70. The molecule has 1 spiro atoms. The summed E-state index contributed by atoms with van der Waals surface area (Å²) in [6.07, 6.45) is 4.83. The number of para-hydroxylation sites is 2. The monoisotopic (exact) mass is 676 g/mol. The fraction of sp³-hybridized carbons (Fsp3) is 0.292. The highest BCUT2D eigenvalue weighted by molar-refractivity contribution is 6.13. The zero-order chi connectivity index (χ0) is 35.6. The van der Waals surface area contributed by atoms with E-state index in [4.69, 9.17) is 0 Å². The first-order chi connectivity index (χ1) is 24.7. The second kappa shape index (κ2) is 8.36. The minimum atomic E-state index is -0.668. The van der Waals surface area contributed by atoms with Gasteiger partial charge in [0.05, 0.1) is 18.0 Å². The van der Waals surface area contributed by atoms with Gasteiger partial charge in [0.1, 0.15) is 28.0 Å². The van der Waals surface area contributed by atoms with Crippen molar-refractivity contribution in [1.82, 2.24) is 4.57 Å². The average molecular weight is 677 g/mol. The van der Waals surface area contributed by atoms with Gasteiger partial charge in [0.25, 0.3) is 11.6 Å². The number of benzene rings is 4. The number of anilines is 3. The lowest BCUT2D eigenvalue weighted by atomic mass is 9.60. The van der Waals surface area contributed by atoms with Gasteiger partial charge in [-0.25, -0.2) is 0 Å². The molecule has 0 saturated carbocycles. The first-order valence-electron chi connectivity index (χ1n) is 19.0. The molecule has 4 aliphatic heterocycles. The number of hydrogen-bond acceptors (Lipinski definition) is 1. The molecule has 1 aliphatic carbocycles. The summed E-state index contributed by atoms with van der Waals surface area (Å²) in [5.41, 5.74) is 16.6. The number of fused-ring (bicyclic) bond motifs is 5. The minimum absolute atomic E-state index is 0.0228. The van der Waals surface area contributed by atoms with Crippen LogP contribution in [-0.4, -0.2) is 4.57 Å². The Labute approximate surface area is 305 Å². The highest BCUT2D eigenvalue weighted by Gasteiger charge is 2.68. The topological polar surface area (TPSA) is 15.9 Å². The van der Waals surface area contributed by atoms with Crippen LogP contribution in [0, 0.1) is 0 Å². The summed E-state index contributed by atoms with van der Waals surface area (Å²) in [5.74, 6) is 2.51. The second-order valence-corrected chi connectivity index (χ2v) is 18.7. The molecule has 4 aromatic carbocycles. The molecule has 0 N–H and O–H groups in total. The van der Waals surface area contributed by atoms with Crippen LogP contribution >= 0.6 is 0 Å². The molecule has 4 nitrogen and oxygen atoms in total. The third kappa shape index (κ3) is 2.81. The maximum atomic E-state index is 2.70. The molecule has 1 unspecified atom stereocenters. The standard InChI is InChI=1S/C48H44N4/c1-44(2,3)27-23-25-49-37(26-27)51-36-18-11-10-15-30(36)45(4,5)34-22-21-32-39(42(34)51)48(49)38-31(46(32,6)7)20-19-29-28-14-12-16-33-40(28)52(41(29)38)43-35(47(33,8)9)17-13-24-50(43)48/h10-26H,1-9H3/q+2. The quantitative estimate of drug-likeness (QED) is 0.146. The Morgan fingerprint density at radius 2 is 1.19 bits per heavy atom. The van der Waals surface area contributed by atoms with Crippen LogP contribution in [0.15, 0.2) is 103 Å². The molecule has 0 bridgehead atoms. The largest absolute Gasteiger partial charge is 0.315 e. The van der Waals surface area contributed by atoms with Crippen molar-refractivity contribution in [2.75, 3.05) is 4.90 Å². The Hall–Kier alpha value is -5.22. The number of hydrogen-bond donors (Lipinski definition) is 0. The molecule has 4 heteroatoms. The SMILES string of the molecule is CC(C)(C)c1cc[n+]2c(c1)N1c3ccccc3C(C)(C)c3ccc4c(c31)C21c2c(ccc3c5cccc6c5n(c23)-c2c(ccc[n+]21)C6(C)C)C4(C)C. The summed E-state index contributed by atoms with van der Waals surface area (Å²) in [7, 11) is 0. The lowest BCUT2D eigenvalue weighted by molar-refractivity contribution is -0.965. The van der Waals surface area contributed by atoms with Crippen LogP contribution in [0.25, 0.3) is 27.6 Å². The Kier molecular flexibility index (Phi) is 4.72. The predicted octanol–water partition coefficient (Wildman–Crippen LogP) is 9.97. The average Bonchev–Trinajstić information content (AvgIpc) is 3.46. The number of aromatic nitrogens is 3. The molecule has 52 heavy (non-hydrogen) atoms. The molecule has 254 valence electrons. The first kappa shape index (κ1) is 29.4. The number of nitrogens with zero attached hydrogens (tertiary/aromatic N) is 4. The van der Waals surface area contributed by atoms with Gasteiger partial charge in [-0.2, -0.15) is 18.6 Å². The lowest BCUT2D eigenvalue weighted by Gasteiger charge is -2.51. The van der Waals surface area contributed by atoms with Crippen LogP contribution in [0.1, 0.15) is 112 Å². The van der Waals surface area contributed by atoms with E-state index in [9.17, 15) is 0 Å². The van der Waals surface area contributed by atoms with E-state index in [-0.39, 0.29) is 21.7 Å². The zero-order valence-corrected chi connectivity index (χ0v) is 31.6. The van der Waals surface area contributed by atoms with E-state index in [1.807, 2.05) is 0 Å². The smallest absolute Gasteiger partial charge is 0.192 e. The van der Waals surface area contributed by atoms with E-state index in [2.05, 4.69) is 184 Å². The normalized spacial score (nSPS) is 20.9. The van der Waals surface area contributed by atoms with E-state index < -0.39 is 5.66 Å². The molecule has 1 atom stereocenters. The van der Waals surface area contributed by atoms with Gasteiger partial charge in [-0.1, -0.05) is 111 Å².